The second kappa shape index (κ2) is 6.05. The molecule has 1 unspecified atom stereocenters. The predicted octanol–water partition coefficient (Wildman–Crippen LogP) is 3.18. The van der Waals surface area contributed by atoms with Crippen molar-refractivity contribution in [1.29, 1.82) is 0 Å². The van der Waals surface area contributed by atoms with E-state index >= 15 is 0 Å². The van der Waals surface area contributed by atoms with Gasteiger partial charge in [0.2, 0.25) is 0 Å². The van der Waals surface area contributed by atoms with Gasteiger partial charge in [-0.25, -0.2) is 0 Å². The van der Waals surface area contributed by atoms with Gasteiger partial charge >= 0.3 is 0 Å². The molecule has 4 heteroatoms. The van der Waals surface area contributed by atoms with E-state index in [1.165, 1.54) is 18.4 Å². The smallest absolute Gasteiger partial charge is 0.0424 e. The van der Waals surface area contributed by atoms with Gasteiger partial charge in [-0.3, -0.25) is 4.90 Å². The Kier molecular flexibility index (Phi) is 4.69. The first-order valence-electron chi connectivity index (χ1n) is 6.02. The summed E-state index contributed by atoms with van der Waals surface area (Å²) in [5.41, 5.74) is 1.20. The zero-order valence-corrected chi connectivity index (χ0v) is 11.6. The molecule has 1 saturated heterocycles. The van der Waals surface area contributed by atoms with Gasteiger partial charge < -0.3 is 5.32 Å². The SMILES string of the molecule is CNCC1CCCN1Cc1cc(Cl)cc(Cl)c1. The Morgan fingerprint density at radius 1 is 1.29 bits per heavy atom. The van der Waals surface area contributed by atoms with Gasteiger partial charge in [0.25, 0.3) is 0 Å². The van der Waals surface area contributed by atoms with Gasteiger partial charge in [0.05, 0.1) is 0 Å². The predicted molar refractivity (Wildman–Crippen MR) is 73.8 cm³/mol. The van der Waals surface area contributed by atoms with E-state index in [-0.39, 0.29) is 0 Å². The monoisotopic (exact) mass is 272 g/mol. The van der Waals surface area contributed by atoms with Crippen molar-refractivity contribution in [3.05, 3.63) is 33.8 Å². The molecule has 1 aromatic rings. The molecule has 1 N–H and O–H groups in total. The third-order valence-corrected chi connectivity index (χ3v) is 3.68. The molecule has 0 saturated carbocycles. The van der Waals surface area contributed by atoms with Crippen LogP contribution in [0.15, 0.2) is 18.2 Å². The third-order valence-electron chi connectivity index (χ3n) is 3.25. The quantitative estimate of drug-likeness (QED) is 0.906. The molecule has 0 spiro atoms. The first-order chi connectivity index (χ1) is 8.19. The number of nitrogens with one attached hydrogen (secondary N) is 1. The van der Waals surface area contributed by atoms with Crippen molar-refractivity contribution in [2.24, 2.45) is 0 Å². The van der Waals surface area contributed by atoms with E-state index in [4.69, 9.17) is 23.2 Å². The Hall–Kier alpha value is -0.280. The number of hydrogen-bond acceptors (Lipinski definition) is 2. The van der Waals surface area contributed by atoms with E-state index in [1.54, 1.807) is 6.07 Å². The highest BCUT2D eigenvalue weighted by molar-refractivity contribution is 6.34. The third kappa shape index (κ3) is 3.59. The molecule has 0 aliphatic carbocycles. The summed E-state index contributed by atoms with van der Waals surface area (Å²) in [5, 5.41) is 4.69. The highest BCUT2D eigenvalue weighted by Gasteiger charge is 2.23. The summed E-state index contributed by atoms with van der Waals surface area (Å²) in [4.78, 5) is 2.50. The maximum atomic E-state index is 6.02. The van der Waals surface area contributed by atoms with Gasteiger partial charge in [0.1, 0.15) is 0 Å². The molecule has 2 rings (SSSR count). The van der Waals surface area contributed by atoms with Gasteiger partial charge in [0, 0.05) is 29.2 Å². The van der Waals surface area contributed by atoms with Crippen LogP contribution in [0.2, 0.25) is 10.0 Å². The van der Waals surface area contributed by atoms with E-state index < -0.39 is 0 Å². The molecule has 2 nitrogen and oxygen atoms in total. The molecule has 17 heavy (non-hydrogen) atoms. The van der Waals surface area contributed by atoms with Crippen molar-refractivity contribution in [3.63, 3.8) is 0 Å². The Morgan fingerprint density at radius 3 is 2.65 bits per heavy atom. The van der Waals surface area contributed by atoms with Crippen LogP contribution in [0.25, 0.3) is 0 Å². The first kappa shape index (κ1) is 13.2. The van der Waals surface area contributed by atoms with Crippen LogP contribution in [0, 0.1) is 0 Å². The van der Waals surface area contributed by atoms with Crippen molar-refractivity contribution in [1.82, 2.24) is 10.2 Å². The molecule has 0 amide bonds. The minimum Gasteiger partial charge on any atom is -0.318 e. The molecule has 94 valence electrons. The lowest BCUT2D eigenvalue weighted by Gasteiger charge is -2.24. The number of hydrogen-bond donors (Lipinski definition) is 1. The van der Waals surface area contributed by atoms with Crippen LogP contribution in [0.4, 0.5) is 0 Å². The van der Waals surface area contributed by atoms with E-state index in [2.05, 4.69) is 10.2 Å². The number of rotatable bonds is 4. The van der Waals surface area contributed by atoms with Gasteiger partial charge in [-0.1, -0.05) is 23.2 Å². The summed E-state index contributed by atoms with van der Waals surface area (Å²) in [5.74, 6) is 0. The number of halogens is 2. The largest absolute Gasteiger partial charge is 0.318 e. The fourth-order valence-corrected chi connectivity index (χ4v) is 3.08. The normalized spacial score (nSPS) is 21.0. The van der Waals surface area contributed by atoms with E-state index in [1.807, 2.05) is 19.2 Å². The fourth-order valence-electron chi connectivity index (χ4n) is 2.51. The van der Waals surface area contributed by atoms with Gasteiger partial charge in [-0.05, 0) is 50.2 Å². The van der Waals surface area contributed by atoms with Crippen molar-refractivity contribution in [2.75, 3.05) is 20.1 Å². The summed E-state index contributed by atoms with van der Waals surface area (Å²) >= 11 is 12.0. The van der Waals surface area contributed by atoms with Crippen LogP contribution >= 0.6 is 23.2 Å². The second-order valence-corrected chi connectivity index (χ2v) is 5.47. The van der Waals surface area contributed by atoms with Crippen molar-refractivity contribution >= 4 is 23.2 Å². The van der Waals surface area contributed by atoms with Crippen LogP contribution in [0.5, 0.6) is 0 Å². The van der Waals surface area contributed by atoms with E-state index in [0.717, 1.165) is 29.7 Å². The molecule has 1 aliphatic heterocycles. The minimum atomic E-state index is 0.637. The first-order valence-corrected chi connectivity index (χ1v) is 6.78. The van der Waals surface area contributed by atoms with Crippen LogP contribution < -0.4 is 5.32 Å². The zero-order chi connectivity index (χ0) is 12.3. The fraction of sp³-hybridized carbons (Fsp3) is 0.538. The number of likely N-dealkylation sites (N-methyl/N-ethyl adjacent to an activating group) is 1. The van der Waals surface area contributed by atoms with Crippen molar-refractivity contribution in [2.45, 2.75) is 25.4 Å². The summed E-state index contributed by atoms with van der Waals surface area (Å²) < 4.78 is 0. The van der Waals surface area contributed by atoms with E-state index in [0.29, 0.717) is 6.04 Å². The van der Waals surface area contributed by atoms with Gasteiger partial charge in [-0.15, -0.1) is 0 Å². The van der Waals surface area contributed by atoms with Crippen molar-refractivity contribution in [3.8, 4) is 0 Å². The standard InChI is InChI=1S/C13H18Cl2N2/c1-16-8-13-3-2-4-17(13)9-10-5-11(14)7-12(15)6-10/h5-7,13,16H,2-4,8-9H2,1H3. The Labute approximate surface area is 113 Å². The maximum Gasteiger partial charge on any atom is 0.0424 e. The van der Waals surface area contributed by atoms with Gasteiger partial charge in [-0.2, -0.15) is 0 Å². The lowest BCUT2D eigenvalue weighted by molar-refractivity contribution is 0.242. The summed E-state index contributed by atoms with van der Waals surface area (Å²) in [6, 6.07) is 6.42. The lowest BCUT2D eigenvalue weighted by Crippen LogP contribution is -2.36. The summed E-state index contributed by atoms with van der Waals surface area (Å²) in [6.45, 7) is 3.15. The van der Waals surface area contributed by atoms with Crippen molar-refractivity contribution < 1.29 is 0 Å². The summed E-state index contributed by atoms with van der Waals surface area (Å²) in [7, 11) is 2.01. The molecule has 1 aliphatic rings. The highest BCUT2D eigenvalue weighted by Crippen LogP contribution is 2.23. The number of benzene rings is 1. The van der Waals surface area contributed by atoms with Crippen LogP contribution in [0.3, 0.4) is 0 Å². The van der Waals surface area contributed by atoms with E-state index in [9.17, 15) is 0 Å². The molecule has 0 bridgehead atoms. The molecule has 1 atom stereocenters. The highest BCUT2D eigenvalue weighted by atomic mass is 35.5. The van der Waals surface area contributed by atoms with Gasteiger partial charge in [0.15, 0.2) is 0 Å². The molecule has 1 fully saturated rings. The number of likely N-dealkylation sites (tertiary alicyclic amines) is 1. The van der Waals surface area contributed by atoms with Crippen LogP contribution in [-0.2, 0) is 6.54 Å². The Balaban J connectivity index is 2.04. The molecule has 1 aromatic carbocycles. The molecular weight excluding hydrogens is 255 g/mol. The minimum absolute atomic E-state index is 0.637. The Bertz CT molecular complexity index is 361. The topological polar surface area (TPSA) is 15.3 Å². The maximum absolute atomic E-state index is 6.02. The molecule has 0 radical (unpaired) electrons. The second-order valence-electron chi connectivity index (χ2n) is 4.60. The van der Waals surface area contributed by atoms with Crippen LogP contribution in [-0.4, -0.2) is 31.1 Å². The lowest BCUT2D eigenvalue weighted by atomic mass is 10.2. The average molecular weight is 273 g/mol. The Morgan fingerprint density at radius 2 is 2.00 bits per heavy atom. The zero-order valence-electron chi connectivity index (χ0n) is 10.0. The van der Waals surface area contributed by atoms with Crippen LogP contribution in [0.1, 0.15) is 18.4 Å². The molecule has 0 aromatic heterocycles. The number of nitrogens with zero attached hydrogens (tertiary/aromatic N) is 1. The molecular formula is C13H18Cl2N2. The summed E-state index contributed by atoms with van der Waals surface area (Å²) in [6.07, 6.45) is 2.55. The molecule has 1 heterocycles. The average Bonchev–Trinajstić information content (AvgIpc) is 2.65.